The highest BCUT2D eigenvalue weighted by Gasteiger charge is 1.83. The van der Waals surface area contributed by atoms with Gasteiger partial charge in [0.25, 0.3) is 0 Å². The van der Waals surface area contributed by atoms with Crippen molar-refractivity contribution in [3.05, 3.63) is 24.0 Å². The molecule has 0 amide bonds. The minimum Gasteiger partial charge on any atom is -0.498 e. The molecule has 0 aliphatic heterocycles. The first-order chi connectivity index (χ1) is 5.31. The first kappa shape index (κ1) is 10.3. The van der Waals surface area contributed by atoms with Crippen LogP contribution in [0.15, 0.2) is 24.0 Å². The summed E-state index contributed by atoms with van der Waals surface area (Å²) in [6, 6.07) is 0. The minimum atomic E-state index is 0.822. The number of hydrogen-bond acceptors (Lipinski definition) is 1. The van der Waals surface area contributed by atoms with Crippen molar-refractivity contribution in [2.45, 2.75) is 33.6 Å². The van der Waals surface area contributed by atoms with Gasteiger partial charge in [0.05, 0.1) is 12.4 Å². The van der Waals surface area contributed by atoms with Crippen LogP contribution in [0.5, 0.6) is 0 Å². The topological polar surface area (TPSA) is 9.23 Å². The molecule has 1 heteroatoms. The summed E-state index contributed by atoms with van der Waals surface area (Å²) in [7, 11) is 0. The molecule has 0 rings (SSSR count). The lowest BCUT2D eigenvalue weighted by Crippen LogP contribution is -1.88. The molecule has 11 heavy (non-hydrogen) atoms. The highest BCUT2D eigenvalue weighted by Crippen LogP contribution is 1.96. The lowest BCUT2D eigenvalue weighted by atomic mass is 10.4. The van der Waals surface area contributed by atoms with E-state index in [1.807, 2.05) is 19.1 Å². The Morgan fingerprint density at radius 3 is 2.64 bits per heavy atom. The Hall–Kier alpha value is -0.720. The van der Waals surface area contributed by atoms with Crippen LogP contribution in [0.3, 0.4) is 0 Å². The van der Waals surface area contributed by atoms with E-state index in [0.29, 0.717) is 0 Å². The van der Waals surface area contributed by atoms with Crippen molar-refractivity contribution in [3.8, 4) is 0 Å². The number of allylic oxidation sites excluding steroid dienone is 4. The molecule has 0 spiro atoms. The third-order valence-electron chi connectivity index (χ3n) is 1.24. The van der Waals surface area contributed by atoms with Gasteiger partial charge in [0, 0.05) is 0 Å². The zero-order valence-electron chi connectivity index (χ0n) is 7.76. The summed E-state index contributed by atoms with van der Waals surface area (Å²) < 4.78 is 5.35. The highest BCUT2D eigenvalue weighted by atomic mass is 16.5. The molecule has 0 saturated carbocycles. The molecule has 0 aromatic heterocycles. The van der Waals surface area contributed by atoms with Crippen LogP contribution in [-0.4, -0.2) is 6.61 Å². The van der Waals surface area contributed by atoms with E-state index in [2.05, 4.69) is 19.9 Å². The average molecular weight is 154 g/mol. The lowest BCUT2D eigenvalue weighted by molar-refractivity contribution is 0.214. The minimum absolute atomic E-state index is 0.822. The predicted molar refractivity (Wildman–Crippen MR) is 49.4 cm³/mol. The predicted octanol–water partition coefficient (Wildman–Crippen LogP) is 3.28. The Morgan fingerprint density at radius 2 is 2.09 bits per heavy atom. The largest absolute Gasteiger partial charge is 0.498 e. The van der Waals surface area contributed by atoms with E-state index < -0.39 is 0 Å². The maximum absolute atomic E-state index is 5.35. The fraction of sp³-hybridized carbons (Fsp3) is 0.600. The van der Waals surface area contributed by atoms with Crippen LogP contribution >= 0.6 is 0 Å². The number of hydrogen-bond donors (Lipinski definition) is 0. The van der Waals surface area contributed by atoms with Crippen molar-refractivity contribution < 1.29 is 4.74 Å². The standard InChI is InChI=1S/C10H18O/c1-4-6-7-8-10(3)11-9-5-2/h6-8H,4-5,9H2,1-3H3/b7-6-,10-8+. The van der Waals surface area contributed by atoms with Crippen molar-refractivity contribution in [1.29, 1.82) is 0 Å². The van der Waals surface area contributed by atoms with E-state index in [9.17, 15) is 0 Å². The van der Waals surface area contributed by atoms with E-state index in [0.717, 1.165) is 25.2 Å². The smallest absolute Gasteiger partial charge is 0.0928 e. The fourth-order valence-corrected chi connectivity index (χ4v) is 0.651. The van der Waals surface area contributed by atoms with Gasteiger partial charge in [-0.25, -0.2) is 0 Å². The quantitative estimate of drug-likeness (QED) is 0.436. The molecule has 0 heterocycles. The third kappa shape index (κ3) is 7.17. The maximum Gasteiger partial charge on any atom is 0.0928 e. The second kappa shape index (κ2) is 7.39. The van der Waals surface area contributed by atoms with Crippen molar-refractivity contribution in [2.24, 2.45) is 0 Å². The van der Waals surface area contributed by atoms with Crippen LogP contribution in [0, 0.1) is 0 Å². The van der Waals surface area contributed by atoms with Gasteiger partial charge in [-0.05, 0) is 25.8 Å². The first-order valence-electron chi connectivity index (χ1n) is 4.27. The molecule has 0 fully saturated rings. The molecule has 0 bridgehead atoms. The van der Waals surface area contributed by atoms with Gasteiger partial charge in [0.2, 0.25) is 0 Å². The molecule has 0 aliphatic carbocycles. The lowest BCUT2D eigenvalue weighted by Gasteiger charge is -2.01. The van der Waals surface area contributed by atoms with E-state index in [1.54, 1.807) is 0 Å². The van der Waals surface area contributed by atoms with Crippen LogP contribution in [0.2, 0.25) is 0 Å². The molecule has 0 atom stereocenters. The summed E-state index contributed by atoms with van der Waals surface area (Å²) in [5, 5.41) is 0. The molecule has 0 unspecified atom stereocenters. The summed E-state index contributed by atoms with van der Waals surface area (Å²) in [5.74, 6) is 0.997. The van der Waals surface area contributed by atoms with Crippen LogP contribution < -0.4 is 0 Å². The Balaban J connectivity index is 3.53. The molecule has 0 N–H and O–H groups in total. The van der Waals surface area contributed by atoms with Crippen LogP contribution in [0.4, 0.5) is 0 Å². The Bertz CT molecular complexity index is 134. The third-order valence-corrected chi connectivity index (χ3v) is 1.24. The van der Waals surface area contributed by atoms with Crippen molar-refractivity contribution in [2.75, 3.05) is 6.61 Å². The number of rotatable bonds is 5. The summed E-state index contributed by atoms with van der Waals surface area (Å²) in [6.07, 6.45) is 8.29. The molecule has 64 valence electrons. The van der Waals surface area contributed by atoms with Gasteiger partial charge in [0.15, 0.2) is 0 Å². The average Bonchev–Trinajstić information content (AvgIpc) is 2.01. The van der Waals surface area contributed by atoms with E-state index >= 15 is 0 Å². The van der Waals surface area contributed by atoms with Crippen LogP contribution in [-0.2, 0) is 4.74 Å². The fourth-order valence-electron chi connectivity index (χ4n) is 0.651. The molecule has 0 saturated heterocycles. The van der Waals surface area contributed by atoms with Gasteiger partial charge >= 0.3 is 0 Å². The van der Waals surface area contributed by atoms with E-state index in [-0.39, 0.29) is 0 Å². The van der Waals surface area contributed by atoms with Gasteiger partial charge in [0.1, 0.15) is 0 Å². The van der Waals surface area contributed by atoms with Gasteiger partial charge < -0.3 is 4.74 Å². The summed E-state index contributed by atoms with van der Waals surface area (Å²) >= 11 is 0. The monoisotopic (exact) mass is 154 g/mol. The van der Waals surface area contributed by atoms with Gasteiger partial charge in [-0.1, -0.05) is 26.0 Å². The van der Waals surface area contributed by atoms with E-state index in [4.69, 9.17) is 4.74 Å². The summed E-state index contributed by atoms with van der Waals surface area (Å²) in [4.78, 5) is 0. The van der Waals surface area contributed by atoms with Gasteiger partial charge in [-0.15, -0.1) is 0 Å². The molecular weight excluding hydrogens is 136 g/mol. The Kier molecular flexibility index (Phi) is 6.90. The number of ether oxygens (including phenoxy) is 1. The van der Waals surface area contributed by atoms with Crippen LogP contribution in [0.25, 0.3) is 0 Å². The summed E-state index contributed by atoms with van der Waals surface area (Å²) in [5.41, 5.74) is 0. The zero-order chi connectivity index (χ0) is 8.53. The molecule has 0 aromatic rings. The van der Waals surface area contributed by atoms with Gasteiger partial charge in [-0.3, -0.25) is 0 Å². The molecular formula is C10H18O. The Labute approximate surface area is 69.8 Å². The zero-order valence-corrected chi connectivity index (χ0v) is 7.76. The summed E-state index contributed by atoms with van der Waals surface area (Å²) in [6.45, 7) is 7.03. The molecule has 0 radical (unpaired) electrons. The molecule has 0 aromatic carbocycles. The van der Waals surface area contributed by atoms with Crippen LogP contribution in [0.1, 0.15) is 33.6 Å². The SMILES string of the molecule is CC/C=C\C=C(/C)OCCC. The van der Waals surface area contributed by atoms with Crippen molar-refractivity contribution in [1.82, 2.24) is 0 Å². The molecule has 0 aliphatic rings. The normalized spacial score (nSPS) is 12.5. The van der Waals surface area contributed by atoms with Crippen molar-refractivity contribution in [3.63, 3.8) is 0 Å². The van der Waals surface area contributed by atoms with Crippen molar-refractivity contribution >= 4 is 0 Å². The second-order valence-corrected chi connectivity index (χ2v) is 2.46. The first-order valence-corrected chi connectivity index (χ1v) is 4.27. The van der Waals surface area contributed by atoms with E-state index in [1.165, 1.54) is 0 Å². The maximum atomic E-state index is 5.35. The molecule has 1 nitrogen and oxygen atoms in total. The highest BCUT2D eigenvalue weighted by molar-refractivity contribution is 5.05. The second-order valence-electron chi connectivity index (χ2n) is 2.46. The Morgan fingerprint density at radius 1 is 1.36 bits per heavy atom. The van der Waals surface area contributed by atoms with Gasteiger partial charge in [-0.2, -0.15) is 0 Å².